The number of benzene rings is 1. The smallest absolute Gasteiger partial charge is 0.163 e. The van der Waals surface area contributed by atoms with Gasteiger partial charge in [-0.05, 0) is 64.2 Å². The highest BCUT2D eigenvalue weighted by atomic mass is 16.5. The van der Waals surface area contributed by atoms with E-state index in [4.69, 9.17) is 4.74 Å². The Morgan fingerprint density at radius 2 is 1.96 bits per heavy atom. The van der Waals surface area contributed by atoms with E-state index < -0.39 is 6.10 Å². The van der Waals surface area contributed by atoms with Crippen molar-refractivity contribution in [2.75, 3.05) is 13.2 Å². The summed E-state index contributed by atoms with van der Waals surface area (Å²) in [5.41, 5.74) is 1.82. The molecule has 2 N–H and O–H groups in total. The molecule has 140 valence electrons. The summed E-state index contributed by atoms with van der Waals surface area (Å²) in [5, 5.41) is 13.3. The average molecular weight is 347 g/mol. The Morgan fingerprint density at radius 3 is 2.56 bits per heavy atom. The number of carbonyl (C=O) groups excluding carboxylic acids is 1. The molecule has 1 aromatic carbocycles. The highest BCUT2D eigenvalue weighted by Crippen LogP contribution is 2.34. The Hall–Kier alpha value is -1.39. The number of rotatable bonds is 7. The molecule has 0 aromatic heterocycles. The molecule has 1 aliphatic rings. The Labute approximate surface area is 152 Å². The van der Waals surface area contributed by atoms with E-state index in [2.05, 4.69) is 32.2 Å². The normalized spacial score (nSPS) is 17.3. The van der Waals surface area contributed by atoms with Crippen molar-refractivity contribution in [1.29, 1.82) is 0 Å². The van der Waals surface area contributed by atoms with Gasteiger partial charge in [-0.25, -0.2) is 0 Å². The van der Waals surface area contributed by atoms with E-state index in [0.29, 0.717) is 23.8 Å². The highest BCUT2D eigenvalue weighted by molar-refractivity contribution is 5.97. The van der Waals surface area contributed by atoms with Crippen molar-refractivity contribution in [1.82, 2.24) is 5.32 Å². The molecule has 4 nitrogen and oxygen atoms in total. The number of aliphatic hydroxyl groups excluding tert-OH is 1. The second-order valence-corrected chi connectivity index (χ2v) is 8.24. The molecule has 2 rings (SSSR count). The van der Waals surface area contributed by atoms with Gasteiger partial charge in [0, 0.05) is 12.1 Å². The van der Waals surface area contributed by atoms with Crippen molar-refractivity contribution in [2.45, 2.75) is 77.4 Å². The molecule has 0 amide bonds. The standard InChI is InChI=1S/C21H33NO3/c1-15(23)19-12-17(16-8-6-5-7-9-16)10-11-20(19)25-14-18(24)13-22-21(2,3)4/h10-12,16,18,22,24H,5-9,13-14H2,1-4H3/t18-/m1/s1. The molecule has 1 aliphatic carbocycles. The van der Waals surface area contributed by atoms with Crippen LogP contribution in [0.5, 0.6) is 5.75 Å². The van der Waals surface area contributed by atoms with Gasteiger partial charge in [-0.15, -0.1) is 0 Å². The average Bonchev–Trinajstić information content (AvgIpc) is 2.58. The number of hydrogen-bond acceptors (Lipinski definition) is 4. The van der Waals surface area contributed by atoms with Gasteiger partial charge in [0.15, 0.2) is 5.78 Å². The lowest BCUT2D eigenvalue weighted by Gasteiger charge is -2.24. The highest BCUT2D eigenvalue weighted by Gasteiger charge is 2.19. The lowest BCUT2D eigenvalue weighted by Crippen LogP contribution is -2.42. The zero-order valence-electron chi connectivity index (χ0n) is 16.1. The minimum Gasteiger partial charge on any atom is -0.490 e. The van der Waals surface area contributed by atoms with Crippen LogP contribution in [0.4, 0.5) is 0 Å². The van der Waals surface area contributed by atoms with Crippen LogP contribution in [0, 0.1) is 0 Å². The zero-order valence-corrected chi connectivity index (χ0v) is 16.1. The number of aliphatic hydroxyl groups is 1. The van der Waals surface area contributed by atoms with Gasteiger partial charge in [0.05, 0.1) is 5.56 Å². The molecule has 1 fully saturated rings. The van der Waals surface area contributed by atoms with E-state index in [-0.39, 0.29) is 17.9 Å². The zero-order chi connectivity index (χ0) is 18.4. The third-order valence-electron chi connectivity index (χ3n) is 4.76. The van der Waals surface area contributed by atoms with Crippen molar-refractivity contribution in [3.63, 3.8) is 0 Å². The van der Waals surface area contributed by atoms with E-state index in [1.54, 1.807) is 6.92 Å². The Kier molecular flexibility index (Phi) is 7.03. The van der Waals surface area contributed by atoms with Gasteiger partial charge in [-0.3, -0.25) is 4.79 Å². The number of nitrogens with one attached hydrogen (secondary N) is 1. The van der Waals surface area contributed by atoms with Crippen LogP contribution in [-0.2, 0) is 0 Å². The van der Waals surface area contributed by atoms with Crippen molar-refractivity contribution in [3.8, 4) is 5.75 Å². The summed E-state index contributed by atoms with van der Waals surface area (Å²) in [6.07, 6.45) is 5.65. The Balaban J connectivity index is 2.01. The van der Waals surface area contributed by atoms with Gasteiger partial charge in [0.1, 0.15) is 18.5 Å². The summed E-state index contributed by atoms with van der Waals surface area (Å²) < 4.78 is 5.76. The van der Waals surface area contributed by atoms with Crippen LogP contribution < -0.4 is 10.1 Å². The van der Waals surface area contributed by atoms with Gasteiger partial charge in [0.2, 0.25) is 0 Å². The SMILES string of the molecule is CC(=O)c1cc(C2CCCCC2)ccc1OC[C@H](O)CNC(C)(C)C. The van der Waals surface area contributed by atoms with Crippen LogP contribution in [0.1, 0.15) is 81.6 Å². The fourth-order valence-electron chi connectivity index (χ4n) is 3.31. The molecular formula is C21H33NO3. The summed E-state index contributed by atoms with van der Waals surface area (Å²) in [7, 11) is 0. The van der Waals surface area contributed by atoms with Crippen LogP contribution in [0.2, 0.25) is 0 Å². The topological polar surface area (TPSA) is 58.6 Å². The fourth-order valence-corrected chi connectivity index (χ4v) is 3.31. The summed E-state index contributed by atoms with van der Waals surface area (Å²) in [4.78, 5) is 12.0. The van der Waals surface area contributed by atoms with E-state index >= 15 is 0 Å². The minimum absolute atomic E-state index is 0.00923. The Morgan fingerprint density at radius 1 is 1.28 bits per heavy atom. The van der Waals surface area contributed by atoms with Crippen LogP contribution in [-0.4, -0.2) is 35.7 Å². The molecule has 1 atom stereocenters. The molecule has 0 radical (unpaired) electrons. The first-order valence-electron chi connectivity index (χ1n) is 9.47. The second kappa shape index (κ2) is 8.81. The fraction of sp³-hybridized carbons (Fsp3) is 0.667. The number of ether oxygens (including phenoxy) is 1. The predicted octanol–water partition coefficient (Wildman–Crippen LogP) is 4.06. The number of Topliss-reactive ketones (excluding diaryl/α,β-unsaturated/α-hetero) is 1. The summed E-state index contributed by atoms with van der Waals surface area (Å²) in [6.45, 7) is 8.37. The van der Waals surface area contributed by atoms with Gasteiger partial charge < -0.3 is 15.2 Å². The first-order valence-corrected chi connectivity index (χ1v) is 9.47. The van der Waals surface area contributed by atoms with E-state index in [9.17, 15) is 9.90 Å². The first-order chi connectivity index (χ1) is 11.8. The van der Waals surface area contributed by atoms with E-state index in [1.165, 1.54) is 37.7 Å². The van der Waals surface area contributed by atoms with Crippen molar-refractivity contribution in [2.24, 2.45) is 0 Å². The van der Waals surface area contributed by atoms with Crippen LogP contribution in [0.15, 0.2) is 18.2 Å². The molecule has 0 heterocycles. The predicted molar refractivity (Wildman–Crippen MR) is 102 cm³/mol. The summed E-state index contributed by atoms with van der Waals surface area (Å²) >= 11 is 0. The number of β-amino-alcohol motifs (C(OH)–C–C–N with tert-alkyl or cyclic N) is 1. The third kappa shape index (κ3) is 6.44. The quantitative estimate of drug-likeness (QED) is 0.730. The molecule has 25 heavy (non-hydrogen) atoms. The molecular weight excluding hydrogens is 314 g/mol. The van der Waals surface area contributed by atoms with Gasteiger partial charge in [-0.1, -0.05) is 25.3 Å². The van der Waals surface area contributed by atoms with Crippen molar-refractivity contribution < 1.29 is 14.6 Å². The maximum atomic E-state index is 12.0. The minimum atomic E-state index is -0.614. The van der Waals surface area contributed by atoms with Gasteiger partial charge >= 0.3 is 0 Å². The molecule has 0 bridgehead atoms. The maximum Gasteiger partial charge on any atom is 0.163 e. The monoisotopic (exact) mass is 347 g/mol. The molecule has 0 aliphatic heterocycles. The molecule has 1 saturated carbocycles. The van der Waals surface area contributed by atoms with Gasteiger partial charge in [0.25, 0.3) is 0 Å². The Bertz CT molecular complexity index is 571. The molecule has 1 aromatic rings. The van der Waals surface area contributed by atoms with Crippen molar-refractivity contribution in [3.05, 3.63) is 29.3 Å². The molecule has 0 spiro atoms. The van der Waals surface area contributed by atoms with E-state index in [0.717, 1.165) is 0 Å². The second-order valence-electron chi connectivity index (χ2n) is 8.24. The number of carbonyl (C=O) groups is 1. The van der Waals surface area contributed by atoms with E-state index in [1.807, 2.05) is 12.1 Å². The first kappa shape index (κ1) is 19.9. The van der Waals surface area contributed by atoms with Crippen LogP contribution in [0.3, 0.4) is 0 Å². The number of ketones is 1. The lowest BCUT2D eigenvalue weighted by molar-refractivity contribution is 0.0950. The van der Waals surface area contributed by atoms with Crippen LogP contribution >= 0.6 is 0 Å². The maximum absolute atomic E-state index is 12.0. The van der Waals surface area contributed by atoms with Gasteiger partial charge in [-0.2, -0.15) is 0 Å². The molecule has 4 heteroatoms. The lowest BCUT2D eigenvalue weighted by atomic mass is 9.83. The largest absolute Gasteiger partial charge is 0.490 e. The molecule has 0 unspecified atom stereocenters. The van der Waals surface area contributed by atoms with Crippen molar-refractivity contribution >= 4 is 5.78 Å². The summed E-state index contributed by atoms with van der Waals surface area (Å²) in [6, 6.07) is 5.97. The third-order valence-corrected chi connectivity index (χ3v) is 4.76. The number of hydrogen-bond donors (Lipinski definition) is 2. The summed E-state index contributed by atoms with van der Waals surface area (Å²) in [5.74, 6) is 1.14. The molecule has 0 saturated heterocycles. The van der Waals surface area contributed by atoms with Crippen LogP contribution in [0.25, 0.3) is 0 Å².